The fraction of sp³-hybridized carbons (Fsp3) is 0.231. The highest BCUT2D eigenvalue weighted by molar-refractivity contribution is 5.36. The van der Waals surface area contributed by atoms with E-state index in [2.05, 4.69) is 9.97 Å². The van der Waals surface area contributed by atoms with Gasteiger partial charge in [0.1, 0.15) is 11.6 Å². The lowest BCUT2D eigenvalue weighted by Gasteiger charge is -2.17. The SMILES string of the molecule is CN(Cc1ccc(F)cc1)c1cnc(CO)cn1. The Bertz CT molecular complexity index is 499. The van der Waals surface area contributed by atoms with E-state index in [1.807, 2.05) is 11.9 Å². The van der Waals surface area contributed by atoms with Gasteiger partial charge in [0.05, 0.1) is 24.7 Å². The molecule has 0 spiro atoms. The molecule has 0 amide bonds. The van der Waals surface area contributed by atoms with Gasteiger partial charge in [-0.15, -0.1) is 0 Å². The largest absolute Gasteiger partial charge is 0.390 e. The Morgan fingerprint density at radius 2 is 1.89 bits per heavy atom. The minimum atomic E-state index is -0.242. The number of hydrogen-bond acceptors (Lipinski definition) is 4. The van der Waals surface area contributed by atoms with Gasteiger partial charge in [-0.25, -0.2) is 9.37 Å². The maximum atomic E-state index is 12.8. The van der Waals surface area contributed by atoms with E-state index in [0.717, 1.165) is 5.56 Å². The van der Waals surface area contributed by atoms with Crippen LogP contribution in [-0.2, 0) is 13.2 Å². The van der Waals surface area contributed by atoms with Crippen LogP contribution in [0.25, 0.3) is 0 Å². The number of hydrogen-bond donors (Lipinski definition) is 1. The zero-order valence-corrected chi connectivity index (χ0v) is 10.0. The fourth-order valence-electron chi connectivity index (χ4n) is 1.57. The van der Waals surface area contributed by atoms with Crippen molar-refractivity contribution < 1.29 is 9.50 Å². The monoisotopic (exact) mass is 247 g/mol. The first-order valence-corrected chi connectivity index (χ1v) is 5.56. The molecule has 0 fully saturated rings. The van der Waals surface area contributed by atoms with E-state index < -0.39 is 0 Å². The highest BCUT2D eigenvalue weighted by Crippen LogP contribution is 2.12. The summed E-state index contributed by atoms with van der Waals surface area (Å²) in [6.45, 7) is 0.502. The molecule has 1 aromatic carbocycles. The van der Waals surface area contributed by atoms with Crippen LogP contribution in [0.3, 0.4) is 0 Å². The van der Waals surface area contributed by atoms with Crippen LogP contribution in [0.15, 0.2) is 36.7 Å². The van der Waals surface area contributed by atoms with Crippen molar-refractivity contribution in [3.63, 3.8) is 0 Å². The topological polar surface area (TPSA) is 49.2 Å². The molecule has 1 heterocycles. The summed E-state index contributed by atoms with van der Waals surface area (Å²) < 4.78 is 12.8. The van der Waals surface area contributed by atoms with E-state index in [1.54, 1.807) is 18.3 Å². The van der Waals surface area contributed by atoms with Gasteiger partial charge in [0.2, 0.25) is 0 Å². The Kier molecular flexibility index (Phi) is 3.84. The number of aliphatic hydroxyl groups is 1. The number of halogens is 1. The molecule has 2 rings (SSSR count). The van der Waals surface area contributed by atoms with Crippen molar-refractivity contribution in [3.05, 3.63) is 53.7 Å². The second-order valence-corrected chi connectivity index (χ2v) is 4.01. The van der Waals surface area contributed by atoms with E-state index in [-0.39, 0.29) is 12.4 Å². The van der Waals surface area contributed by atoms with Crippen molar-refractivity contribution in [3.8, 4) is 0 Å². The van der Waals surface area contributed by atoms with Crippen molar-refractivity contribution in [2.75, 3.05) is 11.9 Å². The van der Waals surface area contributed by atoms with Gasteiger partial charge >= 0.3 is 0 Å². The first-order chi connectivity index (χ1) is 8.69. The summed E-state index contributed by atoms with van der Waals surface area (Å²) in [6.07, 6.45) is 3.14. The van der Waals surface area contributed by atoms with Crippen molar-refractivity contribution in [2.24, 2.45) is 0 Å². The normalized spacial score (nSPS) is 10.4. The highest BCUT2D eigenvalue weighted by Gasteiger charge is 2.04. The molecule has 1 aromatic heterocycles. The Morgan fingerprint density at radius 3 is 2.44 bits per heavy atom. The first-order valence-electron chi connectivity index (χ1n) is 5.56. The summed E-state index contributed by atoms with van der Waals surface area (Å²) in [6, 6.07) is 6.34. The quantitative estimate of drug-likeness (QED) is 0.894. The Morgan fingerprint density at radius 1 is 1.17 bits per heavy atom. The average Bonchev–Trinajstić information content (AvgIpc) is 2.41. The maximum absolute atomic E-state index is 12.8. The highest BCUT2D eigenvalue weighted by atomic mass is 19.1. The molecule has 5 heteroatoms. The maximum Gasteiger partial charge on any atom is 0.147 e. The number of nitrogens with zero attached hydrogens (tertiary/aromatic N) is 3. The van der Waals surface area contributed by atoms with Crippen LogP contribution in [0, 0.1) is 5.82 Å². The summed E-state index contributed by atoms with van der Waals surface area (Å²) in [5.74, 6) is 0.463. The Balaban J connectivity index is 2.06. The number of benzene rings is 1. The van der Waals surface area contributed by atoms with Gasteiger partial charge in [0.15, 0.2) is 0 Å². The second-order valence-electron chi connectivity index (χ2n) is 4.01. The molecular weight excluding hydrogens is 233 g/mol. The second kappa shape index (κ2) is 5.55. The third-order valence-electron chi connectivity index (χ3n) is 2.58. The van der Waals surface area contributed by atoms with Crippen LogP contribution in [0.2, 0.25) is 0 Å². The van der Waals surface area contributed by atoms with Crippen molar-refractivity contribution >= 4 is 5.82 Å². The smallest absolute Gasteiger partial charge is 0.147 e. The van der Waals surface area contributed by atoms with Gasteiger partial charge < -0.3 is 10.0 Å². The van der Waals surface area contributed by atoms with Gasteiger partial charge in [-0.1, -0.05) is 12.1 Å². The molecule has 2 aromatic rings. The predicted octanol–water partition coefficient (Wildman–Crippen LogP) is 1.74. The van der Waals surface area contributed by atoms with Crippen molar-refractivity contribution in [2.45, 2.75) is 13.2 Å². The minimum Gasteiger partial charge on any atom is -0.390 e. The molecule has 0 aliphatic carbocycles. The summed E-state index contributed by atoms with van der Waals surface area (Å²) in [5, 5.41) is 8.88. The Labute approximate surface area is 105 Å². The molecule has 1 N–H and O–H groups in total. The molecular formula is C13H14FN3O. The molecule has 0 bridgehead atoms. The lowest BCUT2D eigenvalue weighted by molar-refractivity contribution is 0.276. The van der Waals surface area contributed by atoms with Gasteiger partial charge in [0, 0.05) is 13.6 Å². The first kappa shape index (κ1) is 12.4. The number of aromatic nitrogens is 2. The van der Waals surface area contributed by atoms with Crippen LogP contribution in [0.1, 0.15) is 11.3 Å². The fourth-order valence-corrected chi connectivity index (χ4v) is 1.57. The van der Waals surface area contributed by atoms with Crippen molar-refractivity contribution in [1.29, 1.82) is 0 Å². The van der Waals surface area contributed by atoms with Crippen LogP contribution in [0.4, 0.5) is 10.2 Å². The van der Waals surface area contributed by atoms with Gasteiger partial charge in [-0.3, -0.25) is 4.98 Å². The number of rotatable bonds is 4. The van der Waals surface area contributed by atoms with Gasteiger partial charge in [-0.2, -0.15) is 0 Å². The van der Waals surface area contributed by atoms with E-state index in [4.69, 9.17) is 5.11 Å². The van der Waals surface area contributed by atoms with E-state index in [0.29, 0.717) is 18.1 Å². The molecule has 94 valence electrons. The molecule has 0 atom stereocenters. The summed E-state index contributed by atoms with van der Waals surface area (Å²) in [5.41, 5.74) is 1.53. The zero-order valence-electron chi connectivity index (χ0n) is 10.0. The summed E-state index contributed by atoms with van der Waals surface area (Å²) >= 11 is 0. The zero-order chi connectivity index (χ0) is 13.0. The molecule has 0 radical (unpaired) electrons. The third kappa shape index (κ3) is 3.01. The number of anilines is 1. The molecule has 0 aliphatic heterocycles. The van der Waals surface area contributed by atoms with E-state index in [1.165, 1.54) is 18.3 Å². The van der Waals surface area contributed by atoms with Gasteiger partial charge in [0.25, 0.3) is 0 Å². The molecule has 4 nitrogen and oxygen atoms in total. The standard InChI is InChI=1S/C13H14FN3O/c1-17(8-10-2-4-11(14)5-3-10)13-7-15-12(9-18)6-16-13/h2-7,18H,8-9H2,1H3. The molecule has 0 saturated carbocycles. The van der Waals surface area contributed by atoms with Gasteiger partial charge in [-0.05, 0) is 17.7 Å². The lowest BCUT2D eigenvalue weighted by atomic mass is 10.2. The predicted molar refractivity (Wildman–Crippen MR) is 66.5 cm³/mol. The van der Waals surface area contributed by atoms with Crippen LogP contribution in [-0.4, -0.2) is 22.1 Å². The van der Waals surface area contributed by atoms with Crippen LogP contribution in [0.5, 0.6) is 0 Å². The summed E-state index contributed by atoms with van der Waals surface area (Å²) in [7, 11) is 1.88. The summed E-state index contributed by atoms with van der Waals surface area (Å²) in [4.78, 5) is 10.2. The molecule has 0 unspecified atom stereocenters. The molecule has 0 saturated heterocycles. The molecule has 18 heavy (non-hydrogen) atoms. The molecule has 0 aliphatic rings. The third-order valence-corrected chi connectivity index (χ3v) is 2.58. The lowest BCUT2D eigenvalue weighted by Crippen LogP contribution is -2.18. The minimum absolute atomic E-state index is 0.116. The Hall–Kier alpha value is -2.01. The van der Waals surface area contributed by atoms with Crippen molar-refractivity contribution in [1.82, 2.24) is 9.97 Å². The average molecular weight is 247 g/mol. The van der Waals surface area contributed by atoms with E-state index in [9.17, 15) is 4.39 Å². The van der Waals surface area contributed by atoms with Crippen LogP contribution < -0.4 is 4.90 Å². The number of aliphatic hydroxyl groups excluding tert-OH is 1. The van der Waals surface area contributed by atoms with Crippen LogP contribution >= 0.6 is 0 Å². The van der Waals surface area contributed by atoms with E-state index >= 15 is 0 Å².